The summed E-state index contributed by atoms with van der Waals surface area (Å²) in [5.74, 6) is 0.553. The maximum Gasteiger partial charge on any atom is 0.429 e. The molecule has 0 unspecified atom stereocenters. The number of hydrogen-bond acceptors (Lipinski definition) is 2. The second-order valence-electron chi connectivity index (χ2n) is 6.36. The van der Waals surface area contributed by atoms with Gasteiger partial charge in [0.1, 0.15) is 0 Å². The molecule has 0 amide bonds. The molecule has 102 valence electrons. The van der Waals surface area contributed by atoms with Crippen molar-refractivity contribution >= 4 is 5.97 Å². The molecule has 4 aliphatic rings. The van der Waals surface area contributed by atoms with E-state index in [0.717, 1.165) is 19.3 Å². The number of hydrogen-bond donors (Lipinski definition) is 0. The van der Waals surface area contributed by atoms with Gasteiger partial charge in [0.05, 0.1) is 5.41 Å². The van der Waals surface area contributed by atoms with Gasteiger partial charge in [-0.2, -0.15) is 8.78 Å². The van der Waals surface area contributed by atoms with Crippen LogP contribution in [0.1, 0.15) is 38.5 Å². The van der Waals surface area contributed by atoms with E-state index in [4.69, 9.17) is 0 Å². The van der Waals surface area contributed by atoms with Gasteiger partial charge in [-0.05, 0) is 56.3 Å². The summed E-state index contributed by atoms with van der Waals surface area (Å²) >= 11 is 0. The largest absolute Gasteiger partial charge is 0.429 e. The van der Waals surface area contributed by atoms with E-state index in [2.05, 4.69) is 4.74 Å². The standard InChI is InChI=1S/C13H17F3O2/c14-7-13(15,16)18-11(17)12-4-8-1-9(5-12)3-10(2-8)6-12/h8-10H,1-7H2. The zero-order chi connectivity index (χ0) is 13.0. The van der Waals surface area contributed by atoms with Crippen molar-refractivity contribution in [3.63, 3.8) is 0 Å². The van der Waals surface area contributed by atoms with Gasteiger partial charge < -0.3 is 4.74 Å². The first-order valence-electron chi connectivity index (χ1n) is 6.60. The molecule has 2 nitrogen and oxygen atoms in total. The molecule has 0 aromatic heterocycles. The Morgan fingerprint density at radius 2 is 1.56 bits per heavy atom. The maximum atomic E-state index is 12.9. The first kappa shape index (κ1) is 12.3. The van der Waals surface area contributed by atoms with Crippen molar-refractivity contribution in [2.24, 2.45) is 23.2 Å². The zero-order valence-corrected chi connectivity index (χ0v) is 10.1. The third kappa shape index (κ3) is 1.91. The van der Waals surface area contributed by atoms with Crippen LogP contribution < -0.4 is 0 Å². The average Bonchev–Trinajstić information content (AvgIpc) is 2.26. The van der Waals surface area contributed by atoms with Gasteiger partial charge in [-0.3, -0.25) is 4.79 Å². The summed E-state index contributed by atoms with van der Waals surface area (Å²) in [4.78, 5) is 12.0. The Hall–Kier alpha value is -0.740. The van der Waals surface area contributed by atoms with E-state index in [-0.39, 0.29) is 0 Å². The zero-order valence-electron chi connectivity index (χ0n) is 10.1. The molecular weight excluding hydrogens is 245 g/mol. The van der Waals surface area contributed by atoms with Gasteiger partial charge in [0.15, 0.2) is 6.67 Å². The second kappa shape index (κ2) is 3.87. The summed E-state index contributed by atoms with van der Waals surface area (Å²) in [6.45, 7) is -1.94. The highest BCUT2D eigenvalue weighted by Gasteiger charge is 2.57. The monoisotopic (exact) mass is 262 g/mol. The Balaban J connectivity index is 1.77. The Kier molecular flexibility index (Phi) is 2.65. The third-order valence-corrected chi connectivity index (χ3v) is 4.87. The van der Waals surface area contributed by atoms with Gasteiger partial charge in [-0.15, -0.1) is 0 Å². The number of carbonyl (C=O) groups is 1. The molecule has 0 atom stereocenters. The number of rotatable bonds is 3. The van der Waals surface area contributed by atoms with E-state index in [1.807, 2.05) is 0 Å². The van der Waals surface area contributed by atoms with E-state index in [9.17, 15) is 18.0 Å². The van der Waals surface area contributed by atoms with E-state index in [0.29, 0.717) is 37.0 Å². The molecule has 0 saturated heterocycles. The fourth-order valence-electron chi connectivity index (χ4n) is 4.63. The molecule has 0 N–H and O–H groups in total. The summed E-state index contributed by atoms with van der Waals surface area (Å²) < 4.78 is 41.9. The molecule has 0 aliphatic heterocycles. The molecule has 0 spiro atoms. The van der Waals surface area contributed by atoms with E-state index in [1.165, 1.54) is 0 Å². The summed E-state index contributed by atoms with van der Waals surface area (Å²) in [5, 5.41) is 0. The fourth-order valence-corrected chi connectivity index (χ4v) is 4.63. The van der Waals surface area contributed by atoms with Gasteiger partial charge in [-0.25, -0.2) is 4.39 Å². The van der Waals surface area contributed by atoms with Crippen molar-refractivity contribution in [2.75, 3.05) is 6.67 Å². The maximum absolute atomic E-state index is 12.9. The van der Waals surface area contributed by atoms with Gasteiger partial charge in [0, 0.05) is 0 Å². The molecule has 4 rings (SSSR count). The quantitative estimate of drug-likeness (QED) is 0.729. The molecular formula is C13H17F3O2. The van der Waals surface area contributed by atoms with Crippen molar-refractivity contribution in [3.8, 4) is 0 Å². The predicted molar refractivity (Wildman–Crippen MR) is 57.6 cm³/mol. The van der Waals surface area contributed by atoms with Crippen LogP contribution in [0.2, 0.25) is 0 Å². The highest BCUT2D eigenvalue weighted by Crippen LogP contribution is 2.60. The van der Waals surface area contributed by atoms with Crippen molar-refractivity contribution in [2.45, 2.75) is 44.6 Å². The lowest BCUT2D eigenvalue weighted by atomic mass is 9.49. The Labute approximate surface area is 104 Å². The van der Waals surface area contributed by atoms with Crippen LogP contribution in [0.3, 0.4) is 0 Å². The van der Waals surface area contributed by atoms with Crippen LogP contribution in [0.15, 0.2) is 0 Å². The van der Waals surface area contributed by atoms with Crippen LogP contribution in [0, 0.1) is 23.2 Å². The normalized spacial score (nSPS) is 42.1. The molecule has 5 heteroatoms. The van der Waals surface area contributed by atoms with Gasteiger partial charge in [0.25, 0.3) is 0 Å². The number of esters is 1. The minimum atomic E-state index is -3.96. The summed E-state index contributed by atoms with van der Waals surface area (Å²) in [6, 6.07) is 0. The third-order valence-electron chi connectivity index (χ3n) is 4.87. The molecule has 18 heavy (non-hydrogen) atoms. The first-order valence-corrected chi connectivity index (χ1v) is 6.60. The minimum Gasteiger partial charge on any atom is -0.398 e. The van der Waals surface area contributed by atoms with E-state index >= 15 is 0 Å². The first-order chi connectivity index (χ1) is 8.42. The Bertz CT molecular complexity index is 332. The lowest BCUT2D eigenvalue weighted by molar-refractivity contribution is -0.253. The van der Waals surface area contributed by atoms with Gasteiger partial charge in [0.2, 0.25) is 0 Å². The molecule has 0 heterocycles. The number of ether oxygens (including phenoxy) is 1. The number of carbonyl (C=O) groups excluding carboxylic acids is 1. The number of alkyl halides is 3. The highest BCUT2D eigenvalue weighted by atomic mass is 19.3. The summed E-state index contributed by atoms with van der Waals surface area (Å²) in [5.41, 5.74) is -0.743. The lowest BCUT2D eigenvalue weighted by Crippen LogP contribution is -2.51. The summed E-state index contributed by atoms with van der Waals surface area (Å²) in [7, 11) is 0. The number of halogens is 3. The Morgan fingerprint density at radius 3 is 1.94 bits per heavy atom. The lowest BCUT2D eigenvalue weighted by Gasteiger charge is -2.55. The average molecular weight is 262 g/mol. The van der Waals surface area contributed by atoms with Crippen LogP contribution >= 0.6 is 0 Å². The smallest absolute Gasteiger partial charge is 0.398 e. The molecule has 4 bridgehead atoms. The van der Waals surface area contributed by atoms with Gasteiger partial charge in [-0.1, -0.05) is 0 Å². The SMILES string of the molecule is O=C(OC(F)(F)CF)C12CC3CC(CC(C3)C1)C2. The van der Waals surface area contributed by atoms with Crippen LogP contribution in [-0.4, -0.2) is 18.8 Å². The van der Waals surface area contributed by atoms with Crippen molar-refractivity contribution in [3.05, 3.63) is 0 Å². The topological polar surface area (TPSA) is 26.3 Å². The molecule has 4 fully saturated rings. The molecule has 0 aromatic rings. The van der Waals surface area contributed by atoms with Crippen molar-refractivity contribution < 1.29 is 22.7 Å². The van der Waals surface area contributed by atoms with Crippen molar-refractivity contribution in [1.29, 1.82) is 0 Å². The Morgan fingerprint density at radius 1 is 1.11 bits per heavy atom. The predicted octanol–water partition coefficient (Wildman–Crippen LogP) is 3.31. The minimum absolute atomic E-state index is 0.475. The molecule has 0 radical (unpaired) electrons. The van der Waals surface area contributed by atoms with Crippen LogP contribution in [0.4, 0.5) is 13.2 Å². The van der Waals surface area contributed by atoms with Crippen LogP contribution in [0.25, 0.3) is 0 Å². The van der Waals surface area contributed by atoms with Crippen LogP contribution in [-0.2, 0) is 9.53 Å². The molecule has 0 aromatic carbocycles. The fraction of sp³-hybridized carbons (Fsp3) is 0.923. The van der Waals surface area contributed by atoms with Crippen molar-refractivity contribution in [1.82, 2.24) is 0 Å². The molecule has 4 aliphatic carbocycles. The second-order valence-corrected chi connectivity index (χ2v) is 6.36. The van der Waals surface area contributed by atoms with Crippen LogP contribution in [0.5, 0.6) is 0 Å². The molecule has 4 saturated carbocycles. The van der Waals surface area contributed by atoms with E-state index < -0.39 is 24.2 Å². The highest BCUT2D eigenvalue weighted by molar-refractivity contribution is 5.77. The summed E-state index contributed by atoms with van der Waals surface area (Å²) in [6.07, 6.45) is 1.35. The van der Waals surface area contributed by atoms with Gasteiger partial charge >= 0.3 is 12.1 Å². The van der Waals surface area contributed by atoms with E-state index in [1.54, 1.807) is 0 Å².